The first-order chi connectivity index (χ1) is 11.6. The fourth-order valence-electron chi connectivity index (χ4n) is 3.14. The van der Waals surface area contributed by atoms with E-state index in [4.69, 9.17) is 9.47 Å². The van der Waals surface area contributed by atoms with E-state index in [1.54, 1.807) is 14.2 Å². The Kier molecular flexibility index (Phi) is 4.74. The van der Waals surface area contributed by atoms with Crippen LogP contribution in [0.5, 0.6) is 11.5 Å². The first-order valence-electron chi connectivity index (χ1n) is 8.23. The number of H-pyrrole nitrogens is 1. The maximum absolute atomic E-state index is 12.6. The molecule has 2 N–H and O–H groups in total. The Morgan fingerprint density at radius 3 is 2.71 bits per heavy atom. The van der Waals surface area contributed by atoms with Crippen LogP contribution in [-0.2, 0) is 12.8 Å². The van der Waals surface area contributed by atoms with E-state index < -0.39 is 0 Å². The Hall–Kier alpha value is -2.50. The third-order valence-corrected chi connectivity index (χ3v) is 4.53. The Morgan fingerprint density at radius 2 is 1.96 bits per heavy atom. The van der Waals surface area contributed by atoms with Crippen molar-refractivity contribution in [2.24, 2.45) is 0 Å². The Balaban J connectivity index is 1.76. The molecule has 0 radical (unpaired) electrons. The highest BCUT2D eigenvalue weighted by Crippen LogP contribution is 2.30. The number of ether oxygens (including phenoxy) is 2. The maximum atomic E-state index is 12.6. The summed E-state index contributed by atoms with van der Waals surface area (Å²) < 4.78 is 10.6. The van der Waals surface area contributed by atoms with Crippen LogP contribution < -0.4 is 14.8 Å². The zero-order valence-electron chi connectivity index (χ0n) is 14.3. The van der Waals surface area contributed by atoms with Crippen molar-refractivity contribution in [2.75, 3.05) is 14.2 Å². The van der Waals surface area contributed by atoms with Crippen LogP contribution in [-0.4, -0.2) is 30.3 Å². The number of fused-ring (bicyclic) bond motifs is 1. The molecule has 0 aliphatic heterocycles. The Bertz CT molecular complexity index is 739. The quantitative estimate of drug-likeness (QED) is 0.884. The number of aromatic nitrogens is 2. The van der Waals surface area contributed by atoms with Gasteiger partial charge >= 0.3 is 0 Å². The first-order valence-corrected chi connectivity index (χ1v) is 8.23. The lowest BCUT2D eigenvalue weighted by atomic mass is 9.95. The molecule has 0 unspecified atom stereocenters. The standard InChI is InChI=1S/C18H23N3O3/c1-11(12-8-9-15(23-2)16(10-12)24-3)19-18(22)17-13-6-4-5-7-14(13)20-21-17/h8-11H,4-7H2,1-3H3,(H,19,22)(H,20,21)/t11-/m0/s1. The molecule has 0 fully saturated rings. The van der Waals surface area contributed by atoms with E-state index >= 15 is 0 Å². The van der Waals surface area contributed by atoms with Crippen molar-refractivity contribution in [1.82, 2.24) is 15.5 Å². The average molecular weight is 329 g/mol. The van der Waals surface area contributed by atoms with Crippen LogP contribution >= 0.6 is 0 Å². The van der Waals surface area contributed by atoms with E-state index in [0.29, 0.717) is 17.2 Å². The Labute approximate surface area is 141 Å². The van der Waals surface area contributed by atoms with Gasteiger partial charge in [0.1, 0.15) is 0 Å². The molecule has 24 heavy (non-hydrogen) atoms. The van der Waals surface area contributed by atoms with Crippen molar-refractivity contribution >= 4 is 5.91 Å². The van der Waals surface area contributed by atoms with Crippen LogP contribution in [0.25, 0.3) is 0 Å². The smallest absolute Gasteiger partial charge is 0.272 e. The molecule has 1 heterocycles. The number of nitrogens with one attached hydrogen (secondary N) is 2. The lowest BCUT2D eigenvalue weighted by molar-refractivity contribution is 0.0933. The van der Waals surface area contributed by atoms with Gasteiger partial charge in [0.05, 0.1) is 20.3 Å². The minimum Gasteiger partial charge on any atom is -0.493 e. The number of aromatic amines is 1. The monoisotopic (exact) mass is 329 g/mol. The number of methoxy groups -OCH3 is 2. The molecular weight excluding hydrogens is 306 g/mol. The number of benzene rings is 1. The van der Waals surface area contributed by atoms with Crippen LogP contribution in [0.1, 0.15) is 53.1 Å². The molecule has 3 rings (SSSR count). The molecule has 0 saturated heterocycles. The number of hydrogen-bond acceptors (Lipinski definition) is 4. The molecule has 1 aromatic heterocycles. The highest BCUT2D eigenvalue weighted by atomic mass is 16.5. The van der Waals surface area contributed by atoms with Gasteiger partial charge in [-0.3, -0.25) is 9.89 Å². The zero-order valence-corrected chi connectivity index (χ0v) is 14.3. The number of nitrogens with zero attached hydrogens (tertiary/aromatic N) is 1. The summed E-state index contributed by atoms with van der Waals surface area (Å²) >= 11 is 0. The Morgan fingerprint density at radius 1 is 1.21 bits per heavy atom. The molecular formula is C18H23N3O3. The zero-order chi connectivity index (χ0) is 17.1. The second kappa shape index (κ2) is 6.95. The first kappa shape index (κ1) is 16.4. The van der Waals surface area contributed by atoms with Crippen molar-refractivity contribution in [3.05, 3.63) is 40.7 Å². The second-order valence-electron chi connectivity index (χ2n) is 6.05. The molecule has 0 bridgehead atoms. The average Bonchev–Trinajstić information content (AvgIpc) is 3.05. The largest absolute Gasteiger partial charge is 0.493 e. The maximum Gasteiger partial charge on any atom is 0.272 e. The van der Waals surface area contributed by atoms with E-state index in [1.807, 2.05) is 25.1 Å². The minimum atomic E-state index is -0.159. The van der Waals surface area contributed by atoms with E-state index in [9.17, 15) is 4.79 Å². The fraction of sp³-hybridized carbons (Fsp3) is 0.444. The van der Waals surface area contributed by atoms with Gasteiger partial charge in [0.15, 0.2) is 17.2 Å². The fourth-order valence-corrected chi connectivity index (χ4v) is 3.14. The SMILES string of the molecule is COc1ccc([C@H](C)NC(=O)c2n[nH]c3c2CCCC3)cc1OC. The van der Waals surface area contributed by atoms with Crippen molar-refractivity contribution in [2.45, 2.75) is 38.6 Å². The summed E-state index contributed by atoms with van der Waals surface area (Å²) in [5.41, 5.74) is 3.64. The highest BCUT2D eigenvalue weighted by molar-refractivity contribution is 5.94. The molecule has 0 saturated carbocycles. The van der Waals surface area contributed by atoms with Crippen LogP contribution in [0, 0.1) is 0 Å². The molecule has 128 valence electrons. The van der Waals surface area contributed by atoms with Crippen LogP contribution in [0.15, 0.2) is 18.2 Å². The number of carbonyl (C=O) groups excluding carboxylic acids is 1. The predicted octanol–water partition coefficient (Wildman–Crippen LogP) is 2.80. The highest BCUT2D eigenvalue weighted by Gasteiger charge is 2.23. The summed E-state index contributed by atoms with van der Waals surface area (Å²) in [6, 6.07) is 5.48. The van der Waals surface area contributed by atoms with Gasteiger partial charge in [0.25, 0.3) is 5.91 Å². The van der Waals surface area contributed by atoms with Gasteiger partial charge in [-0.2, -0.15) is 5.10 Å². The number of carbonyl (C=O) groups is 1. The lowest BCUT2D eigenvalue weighted by Gasteiger charge is -2.17. The molecule has 2 aromatic rings. The number of amides is 1. The topological polar surface area (TPSA) is 76.2 Å². The number of aryl methyl sites for hydroxylation is 1. The van der Waals surface area contributed by atoms with E-state index in [0.717, 1.165) is 42.5 Å². The molecule has 1 aliphatic carbocycles. The second-order valence-corrected chi connectivity index (χ2v) is 6.05. The van der Waals surface area contributed by atoms with Crippen molar-refractivity contribution in [1.29, 1.82) is 0 Å². The van der Waals surface area contributed by atoms with Gasteiger partial charge in [0, 0.05) is 11.3 Å². The summed E-state index contributed by atoms with van der Waals surface area (Å²) in [7, 11) is 3.20. The van der Waals surface area contributed by atoms with E-state index in [2.05, 4.69) is 15.5 Å². The molecule has 1 aromatic carbocycles. The summed E-state index contributed by atoms with van der Waals surface area (Å²) in [5, 5.41) is 10.2. The normalized spacial score (nSPS) is 14.6. The summed E-state index contributed by atoms with van der Waals surface area (Å²) in [6.07, 6.45) is 4.15. The summed E-state index contributed by atoms with van der Waals surface area (Å²) in [5.74, 6) is 1.17. The van der Waals surface area contributed by atoms with E-state index in [-0.39, 0.29) is 11.9 Å². The molecule has 0 spiro atoms. The van der Waals surface area contributed by atoms with Gasteiger partial charge in [-0.15, -0.1) is 0 Å². The van der Waals surface area contributed by atoms with Crippen molar-refractivity contribution < 1.29 is 14.3 Å². The van der Waals surface area contributed by atoms with Gasteiger partial charge < -0.3 is 14.8 Å². The third-order valence-electron chi connectivity index (χ3n) is 4.53. The van der Waals surface area contributed by atoms with Gasteiger partial charge in [0.2, 0.25) is 0 Å². The third kappa shape index (κ3) is 3.09. The van der Waals surface area contributed by atoms with Crippen molar-refractivity contribution in [3.63, 3.8) is 0 Å². The van der Waals surface area contributed by atoms with Gasteiger partial charge in [-0.25, -0.2) is 0 Å². The minimum absolute atomic E-state index is 0.142. The van der Waals surface area contributed by atoms with Crippen LogP contribution in [0.4, 0.5) is 0 Å². The molecule has 1 aliphatic rings. The summed E-state index contributed by atoms with van der Waals surface area (Å²) in [4.78, 5) is 12.6. The number of rotatable bonds is 5. The van der Waals surface area contributed by atoms with E-state index in [1.165, 1.54) is 0 Å². The molecule has 6 nitrogen and oxygen atoms in total. The molecule has 1 atom stereocenters. The van der Waals surface area contributed by atoms with Crippen molar-refractivity contribution in [3.8, 4) is 11.5 Å². The van der Waals surface area contributed by atoms with Gasteiger partial charge in [-0.1, -0.05) is 6.07 Å². The predicted molar refractivity (Wildman–Crippen MR) is 90.7 cm³/mol. The van der Waals surface area contributed by atoms with Crippen LogP contribution in [0.2, 0.25) is 0 Å². The summed E-state index contributed by atoms with van der Waals surface area (Å²) in [6.45, 7) is 1.94. The van der Waals surface area contributed by atoms with Crippen LogP contribution in [0.3, 0.4) is 0 Å². The molecule has 6 heteroatoms. The molecule has 1 amide bonds. The lowest BCUT2D eigenvalue weighted by Crippen LogP contribution is -2.28. The number of hydrogen-bond donors (Lipinski definition) is 2. The van der Waals surface area contributed by atoms with Gasteiger partial charge in [-0.05, 0) is 50.3 Å².